The largest absolute Gasteiger partial charge is 0.404 e. The van der Waals surface area contributed by atoms with Gasteiger partial charge in [-0.2, -0.15) is 0 Å². The van der Waals surface area contributed by atoms with Crippen molar-refractivity contribution in [3.8, 4) is 0 Å². The summed E-state index contributed by atoms with van der Waals surface area (Å²) < 4.78 is 14.1. The maximum absolute atomic E-state index is 14.1. The number of primary amides is 1. The molecule has 1 fully saturated rings. The topological polar surface area (TPSA) is 151 Å². The van der Waals surface area contributed by atoms with Gasteiger partial charge >= 0.3 is 0 Å². The van der Waals surface area contributed by atoms with Crippen LogP contribution < -0.4 is 16.8 Å². The Labute approximate surface area is 279 Å². The van der Waals surface area contributed by atoms with Crippen LogP contribution in [0.4, 0.5) is 4.39 Å². The number of rotatable bonds is 15. The number of halogens is 1. The van der Waals surface area contributed by atoms with Gasteiger partial charge in [0.05, 0.1) is 11.6 Å². The van der Waals surface area contributed by atoms with E-state index in [-0.39, 0.29) is 37.6 Å². The van der Waals surface area contributed by atoms with Crippen molar-refractivity contribution < 1.29 is 23.6 Å². The summed E-state index contributed by atoms with van der Waals surface area (Å²) >= 11 is 0. The first-order valence-electron chi connectivity index (χ1n) is 15.9. The molecule has 12 heteroatoms. The summed E-state index contributed by atoms with van der Waals surface area (Å²) in [6.45, 7) is 12.4. The van der Waals surface area contributed by atoms with Crippen LogP contribution in [-0.4, -0.2) is 79.3 Å². The molecule has 1 saturated heterocycles. The van der Waals surface area contributed by atoms with Crippen LogP contribution in [0.3, 0.4) is 0 Å². The van der Waals surface area contributed by atoms with E-state index < -0.39 is 17.8 Å². The molecule has 2 aliphatic rings. The first kappa shape index (κ1) is 42.5. The second-order valence-electron chi connectivity index (χ2n) is 10.9. The molecule has 10 nitrogen and oxygen atoms in total. The van der Waals surface area contributed by atoms with E-state index in [4.69, 9.17) is 11.5 Å². The molecule has 0 saturated carbocycles. The predicted octanol–water partition coefficient (Wildman–Crippen LogP) is 4.59. The Morgan fingerprint density at radius 3 is 2.42 bits per heavy atom. The summed E-state index contributed by atoms with van der Waals surface area (Å²) in [6.07, 6.45) is 11.6. The van der Waals surface area contributed by atoms with Gasteiger partial charge < -0.3 is 38.8 Å². The summed E-state index contributed by atoms with van der Waals surface area (Å²) in [5, 5.41) is 2.55. The number of carbonyl (C=O) groups excluding carboxylic acids is 4. The van der Waals surface area contributed by atoms with Crippen molar-refractivity contribution in [3.63, 3.8) is 0 Å². The third kappa shape index (κ3) is 10.8. The predicted molar refractivity (Wildman–Crippen MR) is 188 cm³/mol. The molecular weight excluding hydrogens is 856 g/mol. The van der Waals surface area contributed by atoms with Gasteiger partial charge in [-0.15, -0.1) is 0 Å². The number of benzene rings is 1. The fourth-order valence-corrected chi connectivity index (χ4v) is 5.76. The van der Waals surface area contributed by atoms with Crippen molar-refractivity contribution in [2.24, 2.45) is 22.4 Å². The molecule has 0 radical (unpaired) electrons. The van der Waals surface area contributed by atoms with E-state index in [0.29, 0.717) is 35.7 Å². The van der Waals surface area contributed by atoms with Crippen LogP contribution in [0.25, 0.3) is 5.57 Å². The van der Waals surface area contributed by atoms with Crippen molar-refractivity contribution in [1.82, 2.24) is 15.1 Å². The van der Waals surface area contributed by atoms with E-state index in [2.05, 4.69) is 21.8 Å². The van der Waals surface area contributed by atoms with E-state index in [1.165, 1.54) is 23.2 Å². The number of piperidine rings is 1. The zero-order chi connectivity index (χ0) is 34.2. The summed E-state index contributed by atoms with van der Waals surface area (Å²) in [5.41, 5.74) is 14.1. The molecule has 0 spiro atoms. The van der Waals surface area contributed by atoms with Gasteiger partial charge in [0.25, 0.3) is 11.8 Å². The van der Waals surface area contributed by atoms with Crippen molar-refractivity contribution in [3.05, 3.63) is 84.3 Å². The molecule has 0 bridgehead atoms. The van der Waals surface area contributed by atoms with Gasteiger partial charge in [0.1, 0.15) is 12.1 Å². The first-order valence-corrected chi connectivity index (χ1v) is 15.9. The van der Waals surface area contributed by atoms with Crippen molar-refractivity contribution in [2.75, 3.05) is 33.2 Å². The number of hydrogen-bond acceptors (Lipinski definition) is 7. The van der Waals surface area contributed by atoms with Crippen molar-refractivity contribution >= 4 is 35.8 Å². The zero-order valence-corrected chi connectivity index (χ0v) is 31.3. The molecule has 5 N–H and O–H groups in total. The average molecular weight is 909 g/mol. The maximum atomic E-state index is 14.1. The van der Waals surface area contributed by atoms with Gasteiger partial charge in [-0.1, -0.05) is 38.6 Å². The fraction of sp³-hybridized carbons (Fsp3) is 0.444. The molecule has 3 rings (SSSR count). The molecule has 48 heavy (non-hydrogen) atoms. The van der Waals surface area contributed by atoms with E-state index >= 15 is 0 Å². The van der Waals surface area contributed by atoms with Crippen molar-refractivity contribution in [2.45, 2.75) is 65.3 Å². The minimum Gasteiger partial charge on any atom is -0.404 e. The van der Waals surface area contributed by atoms with Gasteiger partial charge in [0, 0.05) is 74.5 Å². The molecule has 270 valence electrons. The van der Waals surface area contributed by atoms with Gasteiger partial charge in [-0.05, 0) is 62.6 Å². The minimum atomic E-state index is -0.827. The van der Waals surface area contributed by atoms with Gasteiger partial charge in [-0.3, -0.25) is 19.4 Å². The van der Waals surface area contributed by atoms with Gasteiger partial charge in [0.2, 0.25) is 5.91 Å². The minimum absolute atomic E-state index is 0. The number of likely N-dealkylation sites (tertiary alicyclic amines) is 1. The van der Waals surface area contributed by atoms with Crippen LogP contribution in [0.15, 0.2) is 65.0 Å². The molecule has 1 aromatic carbocycles. The molecule has 1 atom stereocenters. The Kier molecular flexibility index (Phi) is 18.8. The van der Waals surface area contributed by atoms with Gasteiger partial charge in [-0.25, -0.2) is 4.39 Å². The number of aldehydes is 1. The van der Waals surface area contributed by atoms with Crippen LogP contribution in [-0.2, 0) is 14.4 Å². The quantitative estimate of drug-likeness (QED) is 0.102. The molecule has 3 amide bonds. The third-order valence-corrected chi connectivity index (χ3v) is 8.27. The van der Waals surface area contributed by atoms with Crippen molar-refractivity contribution in [1.29, 1.82) is 0 Å². The Morgan fingerprint density at radius 2 is 1.90 bits per heavy atom. The summed E-state index contributed by atoms with van der Waals surface area (Å²) in [5.74, 6) is -1.40. The van der Waals surface area contributed by atoms with Crippen LogP contribution in [0, 0.1) is 19.2 Å². The second-order valence-corrected chi connectivity index (χ2v) is 10.9. The summed E-state index contributed by atoms with van der Waals surface area (Å²) in [6, 6.07) is 3.46. The molecule has 0 aliphatic carbocycles. The van der Waals surface area contributed by atoms with Crippen LogP contribution in [0.5, 0.6) is 0 Å². The molecule has 1 unspecified atom stereocenters. The van der Waals surface area contributed by atoms with E-state index in [9.17, 15) is 23.6 Å². The number of nitrogens with zero attached hydrogens (tertiary/aromatic N) is 3. The Morgan fingerprint density at radius 1 is 1.23 bits per heavy atom. The second kappa shape index (κ2) is 21.3. The van der Waals surface area contributed by atoms with Gasteiger partial charge in [0.15, 0.2) is 0 Å². The number of amides is 3. The average Bonchev–Trinajstić information content (AvgIpc) is 3.39. The Balaban J connectivity index is 0.00000542. The SMILES string of the molecule is C=CC1=C(/C(=C\C)N2CCC(CCCN=C/C(=C\N)c3ccc(C(N)=O)c(F)c3)CC2)CN(C(C=O)CCC(=O)NC)C1=O.CC.[CH3-].[Fm]. The standard InChI is InChI=1S/C33H43FN6O4.C2H6.CH3.Fm/c1-4-26-28(20-40(33(26)44)25(21-41)9-11-31(42)37-3)30(5-2)39-15-12-22(13-16-39)7-6-14-38-19-24(18-35)23-8-10-27(32(36)43)29(34)17-23;1-2;;/h4-5,8,10,17-19,21-22,25H,1,6-7,9,11-16,20,35H2,2-3H3,(H2,36,43)(H,37,42);1-2H3;1H3;/q;;-1;/b24-18+,30-5+,38-19?;;;. The zero-order valence-electron chi connectivity index (χ0n) is 28.8. The smallest absolute Gasteiger partial charge is 0.255 e. The normalized spacial score (nSPS) is 16.1. The Bertz CT molecular complexity index is 1380. The van der Waals surface area contributed by atoms with E-state index in [0.717, 1.165) is 56.3 Å². The molecule has 1 aromatic rings. The fourth-order valence-electron chi connectivity index (χ4n) is 5.76. The maximum Gasteiger partial charge on any atom is 0.255 e. The number of aliphatic imine (C=N–C) groups is 1. The number of allylic oxidation sites excluding steroid dienone is 2. The first-order chi connectivity index (χ1) is 22.2. The Hall–Kier alpha value is -5.54. The monoisotopic (exact) mass is 908 g/mol. The summed E-state index contributed by atoms with van der Waals surface area (Å²) in [4.78, 5) is 56.4. The molecule has 2 heterocycles. The molecule has 2 aliphatic heterocycles. The van der Waals surface area contributed by atoms with E-state index in [1.54, 1.807) is 25.4 Å². The van der Waals surface area contributed by atoms with E-state index in [1.807, 2.05) is 26.8 Å². The third-order valence-electron chi connectivity index (χ3n) is 8.27. The number of nitrogens with two attached hydrogens (primary N) is 2. The number of hydrogen-bond donors (Lipinski definition) is 3. The van der Waals surface area contributed by atoms with Crippen LogP contribution in [0.1, 0.15) is 75.2 Å². The molecular formula is C36H52FFmN6O4-. The van der Waals surface area contributed by atoms with Crippen LogP contribution >= 0.6 is 0 Å². The van der Waals surface area contributed by atoms with Crippen LogP contribution in [0.2, 0.25) is 0 Å². The molecule has 0 aromatic heterocycles. The number of carbonyl (C=O) groups is 4. The summed E-state index contributed by atoms with van der Waals surface area (Å²) in [7, 11) is 1.54. The number of nitrogens with one attached hydrogen (secondary N) is 1.